The van der Waals surface area contributed by atoms with Crippen molar-refractivity contribution >= 4 is 6.03 Å². The molecule has 0 saturated heterocycles. The molecule has 0 unspecified atom stereocenters. The van der Waals surface area contributed by atoms with Crippen LogP contribution in [0.15, 0.2) is 34.8 Å². The number of halogens is 2. The molecule has 0 aliphatic carbocycles. The van der Waals surface area contributed by atoms with Crippen molar-refractivity contribution in [3.8, 4) is 5.69 Å². The van der Waals surface area contributed by atoms with Gasteiger partial charge in [-0.2, -0.15) is 4.68 Å². The second-order valence-electron chi connectivity index (χ2n) is 5.92. The van der Waals surface area contributed by atoms with E-state index in [1.54, 1.807) is 19.9 Å². The summed E-state index contributed by atoms with van der Waals surface area (Å²) in [4.78, 5) is 26.7. The van der Waals surface area contributed by atoms with Gasteiger partial charge in [0.1, 0.15) is 5.69 Å². The highest BCUT2D eigenvalue weighted by Gasteiger charge is 2.28. The summed E-state index contributed by atoms with van der Waals surface area (Å²) < 4.78 is 34.0. The Morgan fingerprint density at radius 2 is 1.96 bits per heavy atom. The van der Waals surface area contributed by atoms with Crippen molar-refractivity contribution in [2.24, 2.45) is 0 Å². The Balaban J connectivity index is 2.02. The van der Waals surface area contributed by atoms with E-state index >= 15 is 0 Å². The fourth-order valence-corrected chi connectivity index (χ4v) is 2.71. The molecule has 2 heterocycles. The van der Waals surface area contributed by atoms with Crippen LogP contribution < -0.4 is 5.69 Å². The number of rotatable bonds is 3. The van der Waals surface area contributed by atoms with Gasteiger partial charge < -0.3 is 4.74 Å². The predicted molar refractivity (Wildman–Crippen MR) is 86.8 cm³/mol. The fraction of sp³-hybridized carbons (Fsp3) is 0.375. The number of tetrazole rings is 1. The lowest BCUT2D eigenvalue weighted by Gasteiger charge is -2.30. The number of amides is 1. The van der Waals surface area contributed by atoms with Crippen LogP contribution in [0.2, 0.25) is 0 Å². The lowest BCUT2D eigenvalue weighted by Crippen LogP contribution is -2.44. The first-order valence-electron chi connectivity index (χ1n) is 8.01. The van der Waals surface area contributed by atoms with E-state index in [9.17, 15) is 18.4 Å². The molecule has 0 atom stereocenters. The number of nitrogens with zero attached hydrogens (tertiary/aromatic N) is 5. The molecule has 0 radical (unpaired) electrons. The highest BCUT2D eigenvalue weighted by Crippen LogP contribution is 2.18. The number of benzene rings is 1. The topological polar surface area (TPSA) is 82.3 Å². The minimum atomic E-state index is -1.06. The van der Waals surface area contributed by atoms with Crippen molar-refractivity contribution < 1.29 is 18.3 Å². The molecular formula is C16H17F2N5O3. The van der Waals surface area contributed by atoms with Gasteiger partial charge in [0.2, 0.25) is 0 Å². The van der Waals surface area contributed by atoms with Crippen LogP contribution >= 0.6 is 0 Å². The largest absolute Gasteiger partial charge is 0.377 e. The maximum Gasteiger partial charge on any atom is 0.377 e. The molecule has 1 aliphatic rings. The van der Waals surface area contributed by atoms with E-state index in [0.29, 0.717) is 34.7 Å². The first-order valence-corrected chi connectivity index (χ1v) is 8.01. The average molecular weight is 365 g/mol. The summed E-state index contributed by atoms with van der Waals surface area (Å²) in [7, 11) is 0. The summed E-state index contributed by atoms with van der Waals surface area (Å²) in [6.45, 7) is 4.36. The summed E-state index contributed by atoms with van der Waals surface area (Å²) in [6.07, 6.45) is 2.24. The summed E-state index contributed by atoms with van der Waals surface area (Å²) in [5.74, 6) is -1.97. The van der Waals surface area contributed by atoms with Crippen LogP contribution in [0, 0.1) is 11.6 Å². The second-order valence-corrected chi connectivity index (χ2v) is 5.92. The number of hydrogen-bond acceptors (Lipinski definition) is 5. The SMILES string of the molecule is CC(C)N(C(=O)n1nnn(-c2c(F)cccc2F)c1=O)C1=CCOCC1. The Labute approximate surface area is 147 Å². The number of aromatic nitrogens is 4. The minimum absolute atomic E-state index is 0.269. The molecule has 10 heteroatoms. The highest BCUT2D eigenvalue weighted by molar-refractivity contribution is 5.77. The van der Waals surface area contributed by atoms with E-state index in [-0.39, 0.29) is 6.04 Å². The van der Waals surface area contributed by atoms with Crippen LogP contribution in [-0.2, 0) is 4.74 Å². The molecule has 1 aliphatic heterocycles. The van der Waals surface area contributed by atoms with E-state index in [1.807, 2.05) is 0 Å². The average Bonchev–Trinajstić information content (AvgIpc) is 2.97. The quantitative estimate of drug-likeness (QED) is 0.773. The molecule has 8 nitrogen and oxygen atoms in total. The van der Waals surface area contributed by atoms with Gasteiger partial charge in [-0.05, 0) is 42.5 Å². The van der Waals surface area contributed by atoms with Crippen molar-refractivity contribution in [2.75, 3.05) is 13.2 Å². The third kappa shape index (κ3) is 3.15. The van der Waals surface area contributed by atoms with Gasteiger partial charge in [0, 0.05) is 18.2 Å². The van der Waals surface area contributed by atoms with E-state index < -0.39 is 29.0 Å². The van der Waals surface area contributed by atoms with E-state index in [2.05, 4.69) is 10.4 Å². The lowest BCUT2D eigenvalue weighted by atomic mass is 10.2. The fourth-order valence-electron chi connectivity index (χ4n) is 2.71. The zero-order chi connectivity index (χ0) is 18.8. The second kappa shape index (κ2) is 7.16. The van der Waals surface area contributed by atoms with Crippen LogP contribution in [0.25, 0.3) is 5.69 Å². The van der Waals surface area contributed by atoms with Crippen LogP contribution in [-0.4, -0.2) is 50.0 Å². The molecule has 1 amide bonds. The number of hydrogen-bond donors (Lipinski definition) is 0. The molecular weight excluding hydrogens is 348 g/mol. The van der Waals surface area contributed by atoms with Crippen molar-refractivity contribution in [3.63, 3.8) is 0 Å². The first-order chi connectivity index (χ1) is 12.4. The molecule has 1 aromatic carbocycles. The van der Waals surface area contributed by atoms with E-state index in [0.717, 1.165) is 18.2 Å². The van der Waals surface area contributed by atoms with Crippen LogP contribution in [0.5, 0.6) is 0 Å². The molecule has 2 aromatic rings. The normalized spacial score (nSPS) is 14.4. The van der Waals surface area contributed by atoms with Gasteiger partial charge in [-0.25, -0.2) is 18.4 Å². The monoisotopic (exact) mass is 365 g/mol. The summed E-state index contributed by atoms with van der Waals surface area (Å²) in [6, 6.07) is 2.11. The van der Waals surface area contributed by atoms with Crippen molar-refractivity contribution in [3.05, 3.63) is 52.1 Å². The molecule has 0 saturated carbocycles. The molecule has 138 valence electrons. The van der Waals surface area contributed by atoms with Gasteiger partial charge in [0.05, 0.1) is 13.2 Å². The van der Waals surface area contributed by atoms with Crippen LogP contribution in [0.3, 0.4) is 0 Å². The molecule has 26 heavy (non-hydrogen) atoms. The Bertz CT molecular complexity index is 899. The Hall–Kier alpha value is -2.88. The summed E-state index contributed by atoms with van der Waals surface area (Å²) in [5, 5.41) is 6.97. The molecule has 3 rings (SSSR count). The smallest absolute Gasteiger partial charge is 0.377 e. The zero-order valence-corrected chi connectivity index (χ0v) is 14.2. The van der Waals surface area contributed by atoms with Crippen molar-refractivity contribution in [1.29, 1.82) is 0 Å². The molecule has 0 spiro atoms. The standard InChI is InChI=1S/C16H17F2N5O3/c1-10(2)21(11-6-8-26-9-7-11)15(24)23-16(25)22(19-20-23)14-12(17)4-3-5-13(14)18/h3-6,10H,7-9H2,1-2H3. The minimum Gasteiger partial charge on any atom is -0.377 e. The summed E-state index contributed by atoms with van der Waals surface area (Å²) in [5.41, 5.74) is -1.05. The molecule has 0 fully saturated rings. The third-order valence-corrected chi connectivity index (χ3v) is 3.88. The maximum absolute atomic E-state index is 13.9. The predicted octanol–water partition coefficient (Wildman–Crippen LogP) is 1.69. The van der Waals surface area contributed by atoms with Crippen LogP contribution in [0.4, 0.5) is 13.6 Å². The van der Waals surface area contributed by atoms with Gasteiger partial charge in [-0.3, -0.25) is 4.90 Å². The maximum atomic E-state index is 13.9. The Kier molecular flexibility index (Phi) is 4.94. The van der Waals surface area contributed by atoms with Gasteiger partial charge in [0.25, 0.3) is 0 Å². The van der Waals surface area contributed by atoms with Gasteiger partial charge in [0.15, 0.2) is 11.6 Å². The Morgan fingerprint density at radius 3 is 2.54 bits per heavy atom. The summed E-state index contributed by atoms with van der Waals surface area (Å²) >= 11 is 0. The number of ether oxygens (including phenoxy) is 1. The molecule has 1 aromatic heterocycles. The van der Waals surface area contributed by atoms with Gasteiger partial charge >= 0.3 is 11.7 Å². The number of carbonyl (C=O) groups excluding carboxylic acids is 1. The van der Waals surface area contributed by atoms with Gasteiger partial charge in [-0.15, -0.1) is 4.68 Å². The van der Waals surface area contributed by atoms with Crippen molar-refractivity contribution in [2.45, 2.75) is 26.3 Å². The zero-order valence-electron chi connectivity index (χ0n) is 14.2. The number of para-hydroxylation sites is 1. The Morgan fingerprint density at radius 1 is 1.27 bits per heavy atom. The van der Waals surface area contributed by atoms with Crippen LogP contribution in [0.1, 0.15) is 20.3 Å². The van der Waals surface area contributed by atoms with E-state index in [1.165, 1.54) is 4.90 Å². The highest BCUT2D eigenvalue weighted by atomic mass is 19.1. The first kappa shape index (κ1) is 17.9. The van der Waals surface area contributed by atoms with Crippen molar-refractivity contribution in [1.82, 2.24) is 24.7 Å². The van der Waals surface area contributed by atoms with Gasteiger partial charge in [-0.1, -0.05) is 6.07 Å². The van der Waals surface area contributed by atoms with E-state index in [4.69, 9.17) is 4.74 Å². The molecule has 0 bridgehead atoms. The lowest BCUT2D eigenvalue weighted by molar-refractivity contribution is 0.136. The molecule has 0 N–H and O–H groups in total. The third-order valence-electron chi connectivity index (χ3n) is 3.88. The number of carbonyl (C=O) groups is 1.